The summed E-state index contributed by atoms with van der Waals surface area (Å²) in [5.74, 6) is 0.631. The molecule has 1 unspecified atom stereocenters. The molecule has 1 atom stereocenters. The third kappa shape index (κ3) is 3.82. The summed E-state index contributed by atoms with van der Waals surface area (Å²) in [6, 6.07) is 9.12. The number of halogens is 1. The first-order valence-electron chi connectivity index (χ1n) is 6.60. The summed E-state index contributed by atoms with van der Waals surface area (Å²) in [5, 5.41) is 0. The molecule has 1 aliphatic rings. The first kappa shape index (κ1) is 13.1. The molecule has 0 aromatic heterocycles. The van der Waals surface area contributed by atoms with Crippen LogP contribution in [0.2, 0.25) is 0 Å². The Bertz CT molecular complexity index is 344. The number of benzene rings is 1. The quantitative estimate of drug-likeness (QED) is 0.757. The van der Waals surface area contributed by atoms with E-state index in [-0.39, 0.29) is 0 Å². The lowest BCUT2D eigenvalue weighted by molar-refractivity contribution is 0.228. The summed E-state index contributed by atoms with van der Waals surface area (Å²) in [7, 11) is 0. The van der Waals surface area contributed by atoms with E-state index >= 15 is 0 Å². The molecule has 94 valence electrons. The van der Waals surface area contributed by atoms with Crippen LogP contribution in [0.15, 0.2) is 24.3 Å². The van der Waals surface area contributed by atoms with E-state index in [0.717, 1.165) is 6.54 Å². The highest BCUT2D eigenvalue weighted by atomic mass is 79.9. The van der Waals surface area contributed by atoms with Crippen LogP contribution >= 0.6 is 15.9 Å². The van der Waals surface area contributed by atoms with Crippen molar-refractivity contribution in [3.63, 3.8) is 0 Å². The van der Waals surface area contributed by atoms with Crippen molar-refractivity contribution in [2.45, 2.75) is 44.0 Å². The van der Waals surface area contributed by atoms with Gasteiger partial charge >= 0.3 is 0 Å². The van der Waals surface area contributed by atoms with Gasteiger partial charge in [-0.25, -0.2) is 0 Å². The second kappa shape index (κ2) is 6.01. The highest BCUT2D eigenvalue weighted by molar-refractivity contribution is 9.09. The molecule has 1 fully saturated rings. The predicted molar refractivity (Wildman–Crippen MR) is 77.8 cm³/mol. The van der Waals surface area contributed by atoms with Gasteiger partial charge in [-0.2, -0.15) is 0 Å². The Labute approximate surface area is 113 Å². The fraction of sp³-hybridized carbons (Fsp3) is 0.600. The summed E-state index contributed by atoms with van der Waals surface area (Å²) < 4.78 is 0. The molecular formula is C15H22BrN. The summed E-state index contributed by atoms with van der Waals surface area (Å²) in [6.07, 6.45) is 2.64. The van der Waals surface area contributed by atoms with E-state index in [9.17, 15) is 0 Å². The maximum Gasteiger partial charge on any atom is 0.0273 e. The number of nitrogens with zero attached hydrogens (tertiary/aromatic N) is 1. The van der Waals surface area contributed by atoms with E-state index in [0.29, 0.717) is 10.7 Å². The van der Waals surface area contributed by atoms with E-state index in [2.05, 4.69) is 58.9 Å². The van der Waals surface area contributed by atoms with Crippen molar-refractivity contribution in [2.24, 2.45) is 0 Å². The van der Waals surface area contributed by atoms with Gasteiger partial charge in [0.1, 0.15) is 0 Å². The van der Waals surface area contributed by atoms with Crippen molar-refractivity contribution in [3.05, 3.63) is 35.4 Å². The molecule has 0 N–H and O–H groups in total. The second-order valence-electron chi connectivity index (χ2n) is 5.37. The number of likely N-dealkylation sites (tertiary alicyclic amines) is 1. The molecular weight excluding hydrogens is 274 g/mol. The third-order valence-corrected chi connectivity index (χ3v) is 4.25. The second-order valence-corrected chi connectivity index (χ2v) is 6.67. The average molecular weight is 296 g/mol. The van der Waals surface area contributed by atoms with Crippen LogP contribution in [-0.4, -0.2) is 22.8 Å². The summed E-state index contributed by atoms with van der Waals surface area (Å²) in [5.41, 5.74) is 2.88. The SMILES string of the molecule is CC(C)c1ccc(CN2CCCC(Br)C2)cc1. The molecule has 1 aromatic rings. The molecule has 1 nitrogen and oxygen atoms in total. The van der Waals surface area contributed by atoms with Gasteiger partial charge in [-0.1, -0.05) is 54.0 Å². The molecule has 1 saturated heterocycles. The topological polar surface area (TPSA) is 3.24 Å². The van der Waals surface area contributed by atoms with E-state index in [1.54, 1.807) is 0 Å². The minimum absolute atomic E-state index is 0.631. The molecule has 0 aliphatic carbocycles. The Hall–Kier alpha value is -0.340. The van der Waals surface area contributed by atoms with Crippen LogP contribution in [0.4, 0.5) is 0 Å². The molecule has 0 spiro atoms. The zero-order valence-electron chi connectivity index (χ0n) is 10.8. The highest BCUT2D eigenvalue weighted by Gasteiger charge is 2.17. The molecule has 2 heteroatoms. The first-order valence-corrected chi connectivity index (χ1v) is 7.52. The van der Waals surface area contributed by atoms with E-state index in [4.69, 9.17) is 0 Å². The van der Waals surface area contributed by atoms with Crippen molar-refractivity contribution < 1.29 is 0 Å². The van der Waals surface area contributed by atoms with Crippen LogP contribution in [-0.2, 0) is 6.54 Å². The van der Waals surface area contributed by atoms with Crippen molar-refractivity contribution in [3.8, 4) is 0 Å². The lowest BCUT2D eigenvalue weighted by Crippen LogP contribution is -2.35. The fourth-order valence-corrected chi connectivity index (χ4v) is 3.14. The number of hydrogen-bond acceptors (Lipinski definition) is 1. The van der Waals surface area contributed by atoms with E-state index in [1.165, 1.54) is 37.1 Å². The van der Waals surface area contributed by atoms with Gasteiger partial charge in [-0.15, -0.1) is 0 Å². The van der Waals surface area contributed by atoms with Gasteiger partial charge in [0.25, 0.3) is 0 Å². The number of alkyl halides is 1. The summed E-state index contributed by atoms with van der Waals surface area (Å²) >= 11 is 3.73. The van der Waals surface area contributed by atoms with Crippen molar-refractivity contribution >= 4 is 15.9 Å². The Kier molecular flexibility index (Phi) is 4.63. The molecule has 0 saturated carbocycles. The molecule has 0 radical (unpaired) electrons. The largest absolute Gasteiger partial charge is 0.298 e. The first-order chi connectivity index (χ1) is 8.15. The summed E-state index contributed by atoms with van der Waals surface area (Å²) in [6.45, 7) is 8.02. The molecule has 2 rings (SSSR count). The molecule has 0 bridgehead atoms. The van der Waals surface area contributed by atoms with Gasteiger partial charge in [0, 0.05) is 17.9 Å². The Morgan fingerprint density at radius 3 is 2.59 bits per heavy atom. The van der Waals surface area contributed by atoms with Crippen LogP contribution in [0.25, 0.3) is 0 Å². The standard InChI is InChI=1S/C15H22BrN/c1-12(2)14-7-5-13(6-8-14)10-17-9-3-4-15(16)11-17/h5-8,12,15H,3-4,9-11H2,1-2H3. The van der Waals surface area contributed by atoms with Gasteiger partial charge in [-0.3, -0.25) is 4.90 Å². The maximum absolute atomic E-state index is 3.73. The Morgan fingerprint density at radius 1 is 1.29 bits per heavy atom. The highest BCUT2D eigenvalue weighted by Crippen LogP contribution is 2.20. The molecule has 17 heavy (non-hydrogen) atoms. The smallest absolute Gasteiger partial charge is 0.0273 e. The van der Waals surface area contributed by atoms with Crippen LogP contribution in [0.3, 0.4) is 0 Å². The average Bonchev–Trinajstić information content (AvgIpc) is 2.29. The van der Waals surface area contributed by atoms with Crippen LogP contribution < -0.4 is 0 Å². The number of piperidine rings is 1. The molecule has 1 aromatic carbocycles. The predicted octanol–water partition coefficient (Wildman–Crippen LogP) is 4.17. The maximum atomic E-state index is 3.73. The van der Waals surface area contributed by atoms with Crippen LogP contribution in [0.1, 0.15) is 43.7 Å². The van der Waals surface area contributed by atoms with Crippen molar-refractivity contribution in [1.29, 1.82) is 0 Å². The van der Waals surface area contributed by atoms with Crippen LogP contribution in [0, 0.1) is 0 Å². The Balaban J connectivity index is 1.94. The number of rotatable bonds is 3. The van der Waals surface area contributed by atoms with Gasteiger partial charge in [0.2, 0.25) is 0 Å². The van der Waals surface area contributed by atoms with E-state index < -0.39 is 0 Å². The molecule has 0 amide bonds. The Morgan fingerprint density at radius 2 is 2.00 bits per heavy atom. The zero-order chi connectivity index (χ0) is 12.3. The van der Waals surface area contributed by atoms with Crippen molar-refractivity contribution in [1.82, 2.24) is 4.90 Å². The lowest BCUT2D eigenvalue weighted by Gasteiger charge is -2.29. The minimum atomic E-state index is 0.631. The third-order valence-electron chi connectivity index (χ3n) is 3.50. The monoisotopic (exact) mass is 295 g/mol. The van der Waals surface area contributed by atoms with E-state index in [1.807, 2.05) is 0 Å². The van der Waals surface area contributed by atoms with Gasteiger partial charge in [0.05, 0.1) is 0 Å². The minimum Gasteiger partial charge on any atom is -0.298 e. The fourth-order valence-electron chi connectivity index (χ4n) is 2.41. The number of hydrogen-bond donors (Lipinski definition) is 0. The van der Waals surface area contributed by atoms with Gasteiger partial charge in [0.15, 0.2) is 0 Å². The normalized spacial score (nSPS) is 22.0. The lowest BCUT2D eigenvalue weighted by atomic mass is 10.0. The van der Waals surface area contributed by atoms with Gasteiger partial charge < -0.3 is 0 Å². The van der Waals surface area contributed by atoms with Gasteiger partial charge in [-0.05, 0) is 36.4 Å². The molecule has 1 aliphatic heterocycles. The molecule has 1 heterocycles. The summed E-state index contributed by atoms with van der Waals surface area (Å²) in [4.78, 5) is 3.24. The van der Waals surface area contributed by atoms with Crippen LogP contribution in [0.5, 0.6) is 0 Å². The van der Waals surface area contributed by atoms with Crippen molar-refractivity contribution in [2.75, 3.05) is 13.1 Å². The zero-order valence-corrected chi connectivity index (χ0v) is 12.4.